The molecule has 4 aromatic heterocycles. The lowest BCUT2D eigenvalue weighted by Crippen LogP contribution is -2.12. The molecule has 0 saturated carbocycles. The molecule has 0 bridgehead atoms. The summed E-state index contributed by atoms with van der Waals surface area (Å²) in [7, 11) is 1.56. The molecular weight excluding hydrogens is 366 g/mol. The zero-order chi connectivity index (χ0) is 19.0. The minimum Gasteiger partial charge on any atom is -0.481 e. The summed E-state index contributed by atoms with van der Waals surface area (Å²) in [6.45, 7) is 3.94. The van der Waals surface area contributed by atoms with Crippen LogP contribution in [0.2, 0.25) is 0 Å². The number of thiophene rings is 1. The molecule has 8 nitrogen and oxygen atoms in total. The molecule has 138 valence electrons. The third kappa shape index (κ3) is 3.33. The van der Waals surface area contributed by atoms with Crippen molar-refractivity contribution in [3.05, 3.63) is 50.8 Å². The van der Waals surface area contributed by atoms with E-state index >= 15 is 0 Å². The Labute approximate surface area is 158 Å². The number of rotatable bonds is 5. The maximum absolute atomic E-state index is 12.3. The van der Waals surface area contributed by atoms with Crippen molar-refractivity contribution in [3.63, 3.8) is 0 Å². The van der Waals surface area contributed by atoms with E-state index in [1.54, 1.807) is 19.4 Å². The quantitative estimate of drug-likeness (QED) is 0.565. The van der Waals surface area contributed by atoms with Crippen LogP contribution >= 0.6 is 11.3 Å². The molecule has 0 aromatic carbocycles. The van der Waals surface area contributed by atoms with Crippen LogP contribution in [0.4, 0.5) is 0 Å². The van der Waals surface area contributed by atoms with Crippen LogP contribution in [0.1, 0.15) is 22.2 Å². The van der Waals surface area contributed by atoms with Gasteiger partial charge in [0.25, 0.3) is 5.56 Å². The van der Waals surface area contributed by atoms with Crippen LogP contribution in [-0.2, 0) is 12.8 Å². The maximum Gasteiger partial charge on any atom is 0.259 e. The lowest BCUT2D eigenvalue weighted by atomic mass is 10.2. The highest BCUT2D eigenvalue weighted by Gasteiger charge is 2.14. The van der Waals surface area contributed by atoms with Gasteiger partial charge in [-0.05, 0) is 25.5 Å². The van der Waals surface area contributed by atoms with Crippen molar-refractivity contribution < 1.29 is 9.26 Å². The summed E-state index contributed by atoms with van der Waals surface area (Å²) < 4.78 is 10.3. The second-order valence-electron chi connectivity index (χ2n) is 6.08. The van der Waals surface area contributed by atoms with Crippen molar-refractivity contribution in [1.82, 2.24) is 25.1 Å². The zero-order valence-electron chi connectivity index (χ0n) is 15.1. The first kappa shape index (κ1) is 17.3. The number of hydrogen-bond donors (Lipinski definition) is 1. The molecule has 0 aliphatic carbocycles. The van der Waals surface area contributed by atoms with Crippen molar-refractivity contribution in [1.29, 1.82) is 0 Å². The SMILES string of the molecule is COc1ccc(-c2noc(CCc3nc4sc(C)c(C)c4c(=O)[nH]3)n2)cn1. The van der Waals surface area contributed by atoms with Crippen molar-refractivity contribution >= 4 is 21.6 Å². The fraction of sp³-hybridized carbons (Fsp3) is 0.278. The van der Waals surface area contributed by atoms with Gasteiger partial charge >= 0.3 is 0 Å². The molecule has 9 heteroatoms. The Morgan fingerprint density at radius 2 is 2.07 bits per heavy atom. The fourth-order valence-corrected chi connectivity index (χ4v) is 3.80. The van der Waals surface area contributed by atoms with Gasteiger partial charge in [-0.15, -0.1) is 11.3 Å². The van der Waals surface area contributed by atoms with Crippen LogP contribution in [0.25, 0.3) is 21.6 Å². The van der Waals surface area contributed by atoms with Gasteiger partial charge in [-0.1, -0.05) is 5.16 Å². The lowest BCUT2D eigenvalue weighted by Gasteiger charge is -1.99. The molecule has 4 aromatic rings. The van der Waals surface area contributed by atoms with E-state index in [1.807, 2.05) is 19.9 Å². The first-order valence-corrected chi connectivity index (χ1v) is 9.18. The Balaban J connectivity index is 1.51. The van der Waals surface area contributed by atoms with Crippen molar-refractivity contribution in [2.24, 2.45) is 0 Å². The first-order chi connectivity index (χ1) is 13.0. The third-order valence-electron chi connectivity index (χ3n) is 4.34. The van der Waals surface area contributed by atoms with E-state index in [0.29, 0.717) is 41.6 Å². The van der Waals surface area contributed by atoms with E-state index in [-0.39, 0.29) is 5.56 Å². The third-order valence-corrected chi connectivity index (χ3v) is 5.44. The summed E-state index contributed by atoms with van der Waals surface area (Å²) in [6.07, 6.45) is 2.61. The fourth-order valence-electron chi connectivity index (χ4n) is 2.75. The Morgan fingerprint density at radius 3 is 2.81 bits per heavy atom. The van der Waals surface area contributed by atoms with E-state index in [4.69, 9.17) is 9.26 Å². The summed E-state index contributed by atoms with van der Waals surface area (Å²) in [5.74, 6) is 2.07. The predicted molar refractivity (Wildman–Crippen MR) is 101 cm³/mol. The summed E-state index contributed by atoms with van der Waals surface area (Å²) in [5.41, 5.74) is 1.63. The highest BCUT2D eigenvalue weighted by atomic mass is 32.1. The molecular formula is C18H17N5O3S. The summed E-state index contributed by atoms with van der Waals surface area (Å²) >= 11 is 1.53. The molecule has 0 aliphatic rings. The number of aromatic nitrogens is 5. The number of hydrogen-bond acceptors (Lipinski definition) is 8. The normalized spacial score (nSPS) is 11.2. The molecule has 1 N–H and O–H groups in total. The van der Waals surface area contributed by atoms with E-state index in [2.05, 4.69) is 25.1 Å². The van der Waals surface area contributed by atoms with Gasteiger partial charge in [0.15, 0.2) is 0 Å². The van der Waals surface area contributed by atoms with Gasteiger partial charge in [-0.2, -0.15) is 4.98 Å². The lowest BCUT2D eigenvalue weighted by molar-refractivity contribution is 0.378. The second-order valence-corrected chi connectivity index (χ2v) is 7.28. The Hall–Kier alpha value is -3.07. The largest absolute Gasteiger partial charge is 0.481 e. The molecule has 0 atom stereocenters. The number of aryl methyl sites for hydroxylation is 4. The van der Waals surface area contributed by atoms with Crippen LogP contribution in [0, 0.1) is 13.8 Å². The molecule has 0 saturated heterocycles. The minimum absolute atomic E-state index is 0.104. The maximum atomic E-state index is 12.3. The van der Waals surface area contributed by atoms with E-state index in [0.717, 1.165) is 20.8 Å². The number of methoxy groups -OCH3 is 1. The van der Waals surface area contributed by atoms with Gasteiger partial charge in [0.05, 0.1) is 12.5 Å². The van der Waals surface area contributed by atoms with Crippen LogP contribution < -0.4 is 10.3 Å². The van der Waals surface area contributed by atoms with Crippen molar-refractivity contribution in [2.45, 2.75) is 26.7 Å². The molecule has 4 rings (SSSR count). The highest BCUT2D eigenvalue weighted by Crippen LogP contribution is 2.25. The summed E-state index contributed by atoms with van der Waals surface area (Å²) in [6, 6.07) is 3.55. The molecule has 0 radical (unpaired) electrons. The Morgan fingerprint density at radius 1 is 1.22 bits per heavy atom. The number of ether oxygens (including phenoxy) is 1. The van der Waals surface area contributed by atoms with E-state index in [9.17, 15) is 4.79 Å². The molecule has 0 aliphatic heterocycles. The number of nitrogens with one attached hydrogen (secondary N) is 1. The second kappa shape index (κ2) is 6.92. The van der Waals surface area contributed by atoms with Gasteiger partial charge in [0.2, 0.25) is 17.6 Å². The summed E-state index contributed by atoms with van der Waals surface area (Å²) in [5, 5.41) is 4.65. The highest BCUT2D eigenvalue weighted by molar-refractivity contribution is 7.18. The van der Waals surface area contributed by atoms with Crippen LogP contribution in [0.3, 0.4) is 0 Å². The average molecular weight is 383 g/mol. The molecule has 0 spiro atoms. The summed E-state index contributed by atoms with van der Waals surface area (Å²) in [4.78, 5) is 30.1. The molecule has 0 fully saturated rings. The molecule has 0 unspecified atom stereocenters. The first-order valence-electron chi connectivity index (χ1n) is 8.37. The van der Waals surface area contributed by atoms with Crippen LogP contribution in [0.5, 0.6) is 5.88 Å². The average Bonchev–Trinajstić information content (AvgIpc) is 3.25. The monoisotopic (exact) mass is 383 g/mol. The molecule has 27 heavy (non-hydrogen) atoms. The predicted octanol–water partition coefficient (Wildman–Crippen LogP) is 2.84. The minimum atomic E-state index is -0.104. The number of nitrogens with zero attached hydrogens (tertiary/aromatic N) is 4. The van der Waals surface area contributed by atoms with Gasteiger partial charge < -0.3 is 14.2 Å². The molecule has 4 heterocycles. The van der Waals surface area contributed by atoms with Crippen molar-refractivity contribution in [2.75, 3.05) is 7.11 Å². The van der Waals surface area contributed by atoms with Crippen molar-refractivity contribution in [3.8, 4) is 17.3 Å². The van der Waals surface area contributed by atoms with Gasteiger partial charge in [0.1, 0.15) is 10.7 Å². The molecule has 0 amide bonds. The number of fused-ring (bicyclic) bond motifs is 1. The van der Waals surface area contributed by atoms with Gasteiger partial charge in [-0.25, -0.2) is 9.97 Å². The van der Waals surface area contributed by atoms with Gasteiger partial charge in [0, 0.05) is 35.5 Å². The topological polar surface area (TPSA) is 107 Å². The zero-order valence-corrected chi connectivity index (χ0v) is 15.9. The standard InChI is InChI=1S/C18H17N5O3S/c1-9-10(2)27-18-15(9)17(24)20-12(21-18)5-7-14-22-16(23-26-14)11-4-6-13(25-3)19-8-11/h4,6,8H,5,7H2,1-3H3,(H,20,21,24). The van der Waals surface area contributed by atoms with E-state index in [1.165, 1.54) is 11.3 Å². The van der Waals surface area contributed by atoms with Crippen LogP contribution in [-0.4, -0.2) is 32.2 Å². The van der Waals surface area contributed by atoms with Gasteiger partial charge in [-0.3, -0.25) is 4.79 Å². The van der Waals surface area contributed by atoms with Crippen LogP contribution in [0.15, 0.2) is 27.6 Å². The van der Waals surface area contributed by atoms with E-state index < -0.39 is 0 Å². The Kier molecular flexibility index (Phi) is 4.44. The number of H-pyrrole nitrogens is 1. The smallest absolute Gasteiger partial charge is 0.259 e. The number of pyridine rings is 1. The number of aromatic amines is 1. The Bertz CT molecular complexity index is 1160.